The molecular formula is C22H32F2O4. The van der Waals surface area contributed by atoms with Crippen molar-refractivity contribution in [1.82, 2.24) is 0 Å². The van der Waals surface area contributed by atoms with E-state index in [9.17, 15) is 8.78 Å². The highest BCUT2D eigenvalue weighted by molar-refractivity contribution is 5.19. The molecule has 6 heteroatoms. The fourth-order valence-electron chi connectivity index (χ4n) is 3.71. The third-order valence-corrected chi connectivity index (χ3v) is 5.49. The first-order valence-electron chi connectivity index (χ1n) is 10.6. The Balaban J connectivity index is 1.30. The Hall–Kier alpha value is -1.08. The van der Waals surface area contributed by atoms with Crippen molar-refractivity contribution in [2.75, 3.05) is 26.4 Å². The van der Waals surface area contributed by atoms with Crippen LogP contribution in [0.3, 0.4) is 0 Å². The van der Waals surface area contributed by atoms with Crippen molar-refractivity contribution < 1.29 is 27.7 Å². The van der Waals surface area contributed by atoms with E-state index < -0.39 is 17.9 Å². The van der Waals surface area contributed by atoms with Crippen molar-refractivity contribution in [2.45, 2.75) is 64.4 Å². The SMILES string of the molecule is CCCCCCC1COC(CCC2COC(c3ccc(F)c(F)c3)OC2)OC1. The normalized spacial score (nSPS) is 28.4. The minimum Gasteiger partial charge on any atom is -0.352 e. The summed E-state index contributed by atoms with van der Waals surface area (Å²) < 4.78 is 49.5. The van der Waals surface area contributed by atoms with E-state index in [0.717, 1.165) is 38.2 Å². The van der Waals surface area contributed by atoms with Crippen LogP contribution in [0.5, 0.6) is 0 Å². The second-order valence-electron chi connectivity index (χ2n) is 7.93. The molecule has 0 spiro atoms. The van der Waals surface area contributed by atoms with Gasteiger partial charge in [0.2, 0.25) is 0 Å². The molecule has 0 aromatic heterocycles. The summed E-state index contributed by atoms with van der Waals surface area (Å²) in [5.41, 5.74) is 0.501. The molecule has 0 saturated carbocycles. The number of hydrogen-bond acceptors (Lipinski definition) is 4. The van der Waals surface area contributed by atoms with Crippen molar-refractivity contribution in [3.8, 4) is 0 Å². The summed E-state index contributed by atoms with van der Waals surface area (Å²) >= 11 is 0. The molecule has 1 aromatic rings. The molecule has 0 atom stereocenters. The van der Waals surface area contributed by atoms with Gasteiger partial charge in [-0.15, -0.1) is 0 Å². The maximum Gasteiger partial charge on any atom is 0.183 e. The van der Waals surface area contributed by atoms with Crippen LogP contribution in [0.2, 0.25) is 0 Å². The quantitative estimate of drug-likeness (QED) is 0.524. The van der Waals surface area contributed by atoms with Gasteiger partial charge in [0.05, 0.1) is 26.4 Å². The number of benzene rings is 1. The summed E-state index contributed by atoms with van der Waals surface area (Å²) in [6.07, 6.45) is 7.22. The summed E-state index contributed by atoms with van der Waals surface area (Å²) in [4.78, 5) is 0. The van der Waals surface area contributed by atoms with Gasteiger partial charge in [0.25, 0.3) is 0 Å². The first-order chi connectivity index (χ1) is 13.7. The molecular weight excluding hydrogens is 366 g/mol. The van der Waals surface area contributed by atoms with Gasteiger partial charge in [0.1, 0.15) is 0 Å². The van der Waals surface area contributed by atoms with Crippen molar-refractivity contribution >= 4 is 0 Å². The molecule has 2 aliphatic rings. The maximum absolute atomic E-state index is 13.4. The molecule has 2 aliphatic heterocycles. The molecule has 1 aromatic carbocycles. The lowest BCUT2D eigenvalue weighted by Gasteiger charge is -2.32. The molecule has 2 heterocycles. The molecule has 0 N–H and O–H groups in total. The standard InChI is InChI=1S/C22H32F2O4/c1-2-3-4-5-6-16-12-25-21(26-13-16)10-7-17-14-27-22(28-15-17)18-8-9-19(23)20(24)11-18/h8-9,11,16-17,21-22H,2-7,10,12-15H2,1H3. The van der Waals surface area contributed by atoms with Crippen LogP contribution in [-0.4, -0.2) is 32.7 Å². The number of unbranched alkanes of at least 4 members (excludes halogenated alkanes) is 3. The monoisotopic (exact) mass is 398 g/mol. The molecule has 0 amide bonds. The van der Waals surface area contributed by atoms with Gasteiger partial charge in [-0.05, 0) is 31.4 Å². The van der Waals surface area contributed by atoms with Gasteiger partial charge in [-0.3, -0.25) is 0 Å². The molecule has 0 bridgehead atoms. The van der Waals surface area contributed by atoms with Gasteiger partial charge in [0.15, 0.2) is 24.2 Å². The van der Waals surface area contributed by atoms with E-state index in [0.29, 0.717) is 24.7 Å². The second kappa shape index (κ2) is 11.2. The smallest absolute Gasteiger partial charge is 0.183 e. The Bertz CT molecular complexity index is 582. The molecule has 2 saturated heterocycles. The Labute approximate surface area is 166 Å². The van der Waals surface area contributed by atoms with Crippen LogP contribution < -0.4 is 0 Å². The summed E-state index contributed by atoms with van der Waals surface area (Å²) in [5, 5.41) is 0. The van der Waals surface area contributed by atoms with Crippen LogP contribution in [-0.2, 0) is 18.9 Å². The van der Waals surface area contributed by atoms with Crippen LogP contribution in [0.25, 0.3) is 0 Å². The van der Waals surface area contributed by atoms with Crippen LogP contribution in [0, 0.1) is 23.5 Å². The van der Waals surface area contributed by atoms with E-state index in [4.69, 9.17) is 18.9 Å². The third-order valence-electron chi connectivity index (χ3n) is 5.49. The molecule has 3 rings (SSSR count). The number of halogens is 2. The topological polar surface area (TPSA) is 36.9 Å². The molecule has 0 unspecified atom stereocenters. The van der Waals surface area contributed by atoms with Crippen molar-refractivity contribution in [3.05, 3.63) is 35.4 Å². The summed E-state index contributed by atoms with van der Waals surface area (Å²) in [6, 6.07) is 3.72. The summed E-state index contributed by atoms with van der Waals surface area (Å²) in [6.45, 7) is 4.84. The number of hydrogen-bond donors (Lipinski definition) is 0. The van der Waals surface area contributed by atoms with Gasteiger partial charge >= 0.3 is 0 Å². The van der Waals surface area contributed by atoms with Crippen LogP contribution in [0.1, 0.15) is 63.7 Å². The highest BCUT2D eigenvalue weighted by atomic mass is 19.2. The minimum atomic E-state index is -0.887. The number of rotatable bonds is 9. The molecule has 158 valence electrons. The van der Waals surface area contributed by atoms with Gasteiger partial charge in [-0.1, -0.05) is 38.7 Å². The predicted molar refractivity (Wildman–Crippen MR) is 102 cm³/mol. The first-order valence-corrected chi connectivity index (χ1v) is 10.6. The molecule has 28 heavy (non-hydrogen) atoms. The van der Waals surface area contributed by atoms with E-state index in [1.165, 1.54) is 38.2 Å². The fourth-order valence-corrected chi connectivity index (χ4v) is 3.71. The first kappa shape index (κ1) is 21.6. The largest absolute Gasteiger partial charge is 0.352 e. The Morgan fingerprint density at radius 1 is 0.786 bits per heavy atom. The lowest BCUT2D eigenvalue weighted by atomic mass is 10.0. The van der Waals surface area contributed by atoms with Crippen molar-refractivity contribution in [3.63, 3.8) is 0 Å². The summed E-state index contributed by atoms with van der Waals surface area (Å²) in [5.74, 6) is -0.984. The maximum atomic E-state index is 13.4. The Morgan fingerprint density at radius 2 is 1.46 bits per heavy atom. The van der Waals surface area contributed by atoms with Gasteiger partial charge in [0, 0.05) is 17.4 Å². The lowest BCUT2D eigenvalue weighted by molar-refractivity contribution is -0.220. The van der Waals surface area contributed by atoms with Crippen molar-refractivity contribution in [1.29, 1.82) is 0 Å². The predicted octanol–water partition coefficient (Wildman–Crippen LogP) is 5.37. The van der Waals surface area contributed by atoms with E-state index in [2.05, 4.69) is 6.92 Å². The zero-order chi connectivity index (χ0) is 19.8. The van der Waals surface area contributed by atoms with E-state index in [-0.39, 0.29) is 12.2 Å². The van der Waals surface area contributed by atoms with Crippen LogP contribution >= 0.6 is 0 Å². The zero-order valence-electron chi connectivity index (χ0n) is 16.7. The van der Waals surface area contributed by atoms with E-state index >= 15 is 0 Å². The van der Waals surface area contributed by atoms with Gasteiger partial charge < -0.3 is 18.9 Å². The van der Waals surface area contributed by atoms with Gasteiger partial charge in [-0.2, -0.15) is 0 Å². The third kappa shape index (κ3) is 6.48. The van der Waals surface area contributed by atoms with E-state index in [1.54, 1.807) is 0 Å². The fraction of sp³-hybridized carbons (Fsp3) is 0.727. The van der Waals surface area contributed by atoms with Crippen LogP contribution in [0.4, 0.5) is 8.78 Å². The Morgan fingerprint density at radius 3 is 2.14 bits per heavy atom. The van der Waals surface area contributed by atoms with E-state index in [1.807, 2.05) is 0 Å². The zero-order valence-corrected chi connectivity index (χ0v) is 16.7. The summed E-state index contributed by atoms with van der Waals surface area (Å²) in [7, 11) is 0. The average Bonchev–Trinajstić information content (AvgIpc) is 2.73. The molecule has 2 fully saturated rings. The lowest BCUT2D eigenvalue weighted by Crippen LogP contribution is -2.33. The highest BCUT2D eigenvalue weighted by Crippen LogP contribution is 2.29. The number of ether oxygens (including phenoxy) is 4. The van der Waals surface area contributed by atoms with Crippen molar-refractivity contribution in [2.24, 2.45) is 11.8 Å². The molecule has 0 radical (unpaired) electrons. The minimum absolute atomic E-state index is 0.143. The second-order valence-corrected chi connectivity index (χ2v) is 7.93. The van der Waals surface area contributed by atoms with Gasteiger partial charge in [-0.25, -0.2) is 8.78 Å². The van der Waals surface area contributed by atoms with Crippen LogP contribution in [0.15, 0.2) is 18.2 Å². The average molecular weight is 398 g/mol. The molecule has 4 nitrogen and oxygen atoms in total. The molecule has 0 aliphatic carbocycles. The Kier molecular flexibility index (Phi) is 8.65. The highest BCUT2D eigenvalue weighted by Gasteiger charge is 2.27.